The van der Waals surface area contributed by atoms with Crippen LogP contribution >= 0.6 is 11.6 Å². The minimum Gasteiger partial charge on any atom is -0.328 e. The van der Waals surface area contributed by atoms with E-state index in [9.17, 15) is 10.1 Å². The monoisotopic (exact) mass is 359 g/mol. The molecule has 1 fully saturated rings. The van der Waals surface area contributed by atoms with Gasteiger partial charge in [-0.1, -0.05) is 41.9 Å². The summed E-state index contributed by atoms with van der Waals surface area (Å²) in [6.45, 7) is 4.45. The Balaban J connectivity index is 1.56. The van der Waals surface area contributed by atoms with E-state index in [1.165, 1.54) is 11.0 Å². The lowest BCUT2D eigenvalue weighted by molar-refractivity contribution is -0.918. The molecule has 0 spiro atoms. The third-order valence-corrected chi connectivity index (χ3v) is 4.71. The van der Waals surface area contributed by atoms with Crippen molar-refractivity contribution in [3.63, 3.8) is 0 Å². The van der Waals surface area contributed by atoms with Gasteiger partial charge in [-0.2, -0.15) is 5.10 Å². The van der Waals surface area contributed by atoms with Gasteiger partial charge in [-0.25, -0.2) is 0 Å². The van der Waals surface area contributed by atoms with Gasteiger partial charge in [0, 0.05) is 16.7 Å². The molecule has 0 saturated carbocycles. The summed E-state index contributed by atoms with van der Waals surface area (Å²) in [4.78, 5) is 12.1. The zero-order valence-corrected chi connectivity index (χ0v) is 14.5. The van der Waals surface area contributed by atoms with Crippen LogP contribution in [0.25, 0.3) is 0 Å². The number of para-hydroxylation sites is 1. The second-order valence-corrected chi connectivity index (χ2v) is 6.44. The lowest BCUT2D eigenvalue weighted by atomic mass is 10.2. The molecule has 0 atom stereocenters. The van der Waals surface area contributed by atoms with E-state index >= 15 is 0 Å². The minimum atomic E-state index is -0.382. The summed E-state index contributed by atoms with van der Waals surface area (Å²) in [7, 11) is 0. The standard InChI is InChI=1S/C18H19ClN4O2/c19-17-7-3-1-6-16(17)14-21-9-11-22(12-10-21)20-13-15-5-2-4-8-18(15)23(24)25/h1-8,13H,9-12,14H2/p+1/b20-13+. The van der Waals surface area contributed by atoms with Crippen molar-refractivity contribution in [1.29, 1.82) is 0 Å². The summed E-state index contributed by atoms with van der Waals surface area (Å²) < 4.78 is 0. The second kappa shape index (κ2) is 8.09. The Morgan fingerprint density at radius 2 is 1.84 bits per heavy atom. The van der Waals surface area contributed by atoms with Crippen LogP contribution in [-0.2, 0) is 6.54 Å². The van der Waals surface area contributed by atoms with Crippen LogP contribution in [0.5, 0.6) is 0 Å². The van der Waals surface area contributed by atoms with Gasteiger partial charge < -0.3 is 4.90 Å². The molecule has 0 aromatic heterocycles. The van der Waals surface area contributed by atoms with Crippen LogP contribution in [-0.4, -0.2) is 42.3 Å². The maximum Gasteiger partial charge on any atom is 0.278 e. The Kier molecular flexibility index (Phi) is 5.63. The summed E-state index contributed by atoms with van der Waals surface area (Å²) in [5.41, 5.74) is 1.77. The number of halogens is 1. The third-order valence-electron chi connectivity index (χ3n) is 4.34. The average Bonchev–Trinajstić information content (AvgIpc) is 2.63. The first-order valence-corrected chi connectivity index (χ1v) is 8.60. The molecule has 25 heavy (non-hydrogen) atoms. The maximum absolute atomic E-state index is 11.0. The Morgan fingerprint density at radius 3 is 2.56 bits per heavy atom. The Hall–Kier alpha value is -2.44. The molecule has 3 rings (SSSR count). The van der Waals surface area contributed by atoms with Crippen LogP contribution in [0.15, 0.2) is 53.6 Å². The Labute approximate surface area is 151 Å². The van der Waals surface area contributed by atoms with Gasteiger partial charge in [-0.15, -0.1) is 0 Å². The third kappa shape index (κ3) is 4.55. The van der Waals surface area contributed by atoms with E-state index in [0.29, 0.717) is 5.56 Å². The average molecular weight is 360 g/mol. The van der Waals surface area contributed by atoms with Gasteiger partial charge in [0.05, 0.1) is 42.9 Å². The molecule has 2 aromatic rings. The molecule has 130 valence electrons. The van der Waals surface area contributed by atoms with E-state index in [1.54, 1.807) is 24.4 Å². The van der Waals surface area contributed by atoms with Crippen LogP contribution in [0.1, 0.15) is 11.1 Å². The summed E-state index contributed by atoms with van der Waals surface area (Å²) in [5.74, 6) is 0. The number of quaternary nitrogens is 1. The molecule has 0 bridgehead atoms. The van der Waals surface area contributed by atoms with Gasteiger partial charge in [-0.05, 0) is 12.1 Å². The number of nitro benzene ring substituents is 1. The molecular weight excluding hydrogens is 340 g/mol. The van der Waals surface area contributed by atoms with E-state index in [2.05, 4.69) is 11.2 Å². The number of nitrogens with one attached hydrogen (secondary N) is 1. The van der Waals surface area contributed by atoms with E-state index in [1.807, 2.05) is 23.2 Å². The lowest BCUT2D eigenvalue weighted by Gasteiger charge is -2.30. The predicted octanol–water partition coefficient (Wildman–Crippen LogP) is 1.98. The molecule has 1 aliphatic rings. The number of benzene rings is 2. The van der Waals surface area contributed by atoms with E-state index in [4.69, 9.17) is 11.6 Å². The normalized spacial score (nSPS) is 15.6. The lowest BCUT2D eigenvalue weighted by Crippen LogP contribution is -3.13. The summed E-state index contributed by atoms with van der Waals surface area (Å²) >= 11 is 6.23. The molecule has 7 heteroatoms. The number of hydrazone groups is 1. The zero-order chi connectivity index (χ0) is 17.6. The molecule has 0 amide bonds. The van der Waals surface area contributed by atoms with E-state index in [0.717, 1.165) is 43.3 Å². The molecule has 1 heterocycles. The van der Waals surface area contributed by atoms with Crippen molar-refractivity contribution in [3.8, 4) is 0 Å². The minimum absolute atomic E-state index is 0.0780. The molecule has 1 N–H and O–H groups in total. The predicted molar refractivity (Wildman–Crippen MR) is 98.1 cm³/mol. The highest BCUT2D eigenvalue weighted by atomic mass is 35.5. The van der Waals surface area contributed by atoms with Crippen molar-refractivity contribution in [3.05, 3.63) is 74.8 Å². The number of piperazine rings is 1. The van der Waals surface area contributed by atoms with Crippen molar-refractivity contribution in [2.24, 2.45) is 5.10 Å². The Bertz CT molecular complexity index is 773. The first-order valence-electron chi connectivity index (χ1n) is 8.23. The van der Waals surface area contributed by atoms with Crippen molar-refractivity contribution in [2.75, 3.05) is 26.2 Å². The first-order chi connectivity index (χ1) is 12.1. The highest BCUT2D eigenvalue weighted by Crippen LogP contribution is 2.16. The number of rotatable bonds is 5. The molecule has 2 aromatic carbocycles. The number of nitrogens with zero attached hydrogens (tertiary/aromatic N) is 3. The molecular formula is C18H20ClN4O2+. The summed E-state index contributed by atoms with van der Waals surface area (Å²) in [6, 6.07) is 14.6. The van der Waals surface area contributed by atoms with Crippen molar-refractivity contribution in [2.45, 2.75) is 6.54 Å². The van der Waals surface area contributed by atoms with Crippen molar-refractivity contribution < 1.29 is 9.82 Å². The summed E-state index contributed by atoms with van der Waals surface area (Å²) in [6.07, 6.45) is 1.58. The number of hydrogen-bond donors (Lipinski definition) is 1. The van der Waals surface area contributed by atoms with Crippen LogP contribution in [0.2, 0.25) is 5.02 Å². The quantitative estimate of drug-likeness (QED) is 0.504. The zero-order valence-electron chi connectivity index (χ0n) is 13.8. The fraction of sp³-hybridized carbons (Fsp3) is 0.278. The number of hydrogen-bond acceptors (Lipinski definition) is 4. The largest absolute Gasteiger partial charge is 0.328 e. The fourth-order valence-electron chi connectivity index (χ4n) is 2.92. The molecule has 0 radical (unpaired) electrons. The molecule has 6 nitrogen and oxygen atoms in total. The van der Waals surface area contributed by atoms with Gasteiger partial charge in [0.1, 0.15) is 6.54 Å². The van der Waals surface area contributed by atoms with Crippen LogP contribution in [0.4, 0.5) is 5.69 Å². The Morgan fingerprint density at radius 1 is 1.16 bits per heavy atom. The maximum atomic E-state index is 11.0. The smallest absolute Gasteiger partial charge is 0.278 e. The molecule has 0 unspecified atom stereocenters. The summed E-state index contributed by atoms with van der Waals surface area (Å²) in [5, 5.41) is 18.2. The van der Waals surface area contributed by atoms with Gasteiger partial charge in [-0.3, -0.25) is 15.1 Å². The highest BCUT2D eigenvalue weighted by Gasteiger charge is 2.20. The van der Waals surface area contributed by atoms with Gasteiger partial charge in [0.2, 0.25) is 0 Å². The van der Waals surface area contributed by atoms with Crippen molar-refractivity contribution in [1.82, 2.24) is 5.01 Å². The van der Waals surface area contributed by atoms with E-state index < -0.39 is 0 Å². The van der Waals surface area contributed by atoms with E-state index in [-0.39, 0.29) is 10.6 Å². The van der Waals surface area contributed by atoms with Gasteiger partial charge >= 0.3 is 0 Å². The number of nitro groups is 1. The SMILES string of the molecule is O=[N+]([O-])c1ccccc1/C=N/N1CC[NH+](Cc2ccccc2Cl)CC1. The van der Waals surface area contributed by atoms with Crippen LogP contribution < -0.4 is 4.90 Å². The second-order valence-electron chi connectivity index (χ2n) is 6.03. The molecule has 1 aliphatic heterocycles. The molecule has 1 saturated heterocycles. The van der Waals surface area contributed by atoms with Crippen LogP contribution in [0.3, 0.4) is 0 Å². The topological polar surface area (TPSA) is 63.2 Å². The highest BCUT2D eigenvalue weighted by molar-refractivity contribution is 6.31. The first kappa shape index (κ1) is 17.4. The van der Waals surface area contributed by atoms with Crippen LogP contribution in [0, 0.1) is 10.1 Å². The van der Waals surface area contributed by atoms with Crippen molar-refractivity contribution >= 4 is 23.5 Å². The molecule has 0 aliphatic carbocycles. The van der Waals surface area contributed by atoms with Gasteiger partial charge in [0.15, 0.2) is 0 Å². The fourth-order valence-corrected chi connectivity index (χ4v) is 3.12. The van der Waals surface area contributed by atoms with Gasteiger partial charge in [0.25, 0.3) is 5.69 Å².